The van der Waals surface area contributed by atoms with Crippen LogP contribution in [0.3, 0.4) is 0 Å². The number of nitrogens with one attached hydrogen (secondary N) is 1. The first kappa shape index (κ1) is 19.6. The van der Waals surface area contributed by atoms with Crippen LogP contribution in [0.4, 0.5) is 9.93 Å². The van der Waals surface area contributed by atoms with Gasteiger partial charge in [0.1, 0.15) is 11.3 Å². The van der Waals surface area contributed by atoms with Crippen molar-refractivity contribution < 1.29 is 28.7 Å². The standard InChI is InChI=1S/C14H19N3O6S/c1-6-21-11(19)10(17-23-8(2)18)9-7-24-12(15-9)16-13(20)22-14(3,4)5/h7H,6H2,1-5H3,(H,15,16,20). The molecule has 1 N–H and O–H groups in total. The molecule has 24 heavy (non-hydrogen) atoms. The molecule has 9 nitrogen and oxygen atoms in total. The molecule has 0 saturated heterocycles. The summed E-state index contributed by atoms with van der Waals surface area (Å²) < 4.78 is 9.94. The molecule has 10 heteroatoms. The minimum atomic E-state index is -0.798. The summed E-state index contributed by atoms with van der Waals surface area (Å²) in [5.74, 6) is -1.49. The molecule has 1 aromatic heterocycles. The number of ether oxygens (including phenoxy) is 2. The third kappa shape index (κ3) is 6.73. The quantitative estimate of drug-likeness (QED) is 0.372. The lowest BCUT2D eigenvalue weighted by molar-refractivity contribution is -0.141. The fourth-order valence-electron chi connectivity index (χ4n) is 1.33. The normalized spacial score (nSPS) is 11.6. The van der Waals surface area contributed by atoms with Gasteiger partial charge >= 0.3 is 18.0 Å². The summed E-state index contributed by atoms with van der Waals surface area (Å²) in [5, 5.41) is 7.56. The number of amides is 1. The number of esters is 1. The highest BCUT2D eigenvalue weighted by atomic mass is 32.1. The third-order valence-electron chi connectivity index (χ3n) is 2.09. The van der Waals surface area contributed by atoms with Crippen molar-refractivity contribution in [3.8, 4) is 0 Å². The van der Waals surface area contributed by atoms with Crippen LogP contribution in [0.2, 0.25) is 0 Å². The maximum atomic E-state index is 11.9. The zero-order chi connectivity index (χ0) is 18.3. The molecule has 0 radical (unpaired) electrons. The molecule has 132 valence electrons. The Morgan fingerprint density at radius 1 is 1.33 bits per heavy atom. The topological polar surface area (TPSA) is 116 Å². The van der Waals surface area contributed by atoms with Gasteiger partial charge in [-0.05, 0) is 27.7 Å². The summed E-state index contributed by atoms with van der Waals surface area (Å²) in [6.07, 6.45) is -0.682. The van der Waals surface area contributed by atoms with Crippen molar-refractivity contribution in [2.75, 3.05) is 11.9 Å². The van der Waals surface area contributed by atoms with Gasteiger partial charge in [0.15, 0.2) is 5.13 Å². The van der Waals surface area contributed by atoms with E-state index in [1.807, 2.05) is 0 Å². The van der Waals surface area contributed by atoms with Crippen LogP contribution < -0.4 is 5.32 Å². The van der Waals surface area contributed by atoms with Crippen molar-refractivity contribution >= 4 is 40.2 Å². The number of hydrogen-bond acceptors (Lipinski definition) is 9. The Hall–Kier alpha value is -2.49. The van der Waals surface area contributed by atoms with E-state index in [1.54, 1.807) is 27.7 Å². The second-order valence-corrected chi connectivity index (χ2v) is 6.27. The van der Waals surface area contributed by atoms with Crippen LogP contribution >= 0.6 is 11.3 Å². The Morgan fingerprint density at radius 3 is 2.54 bits per heavy atom. The van der Waals surface area contributed by atoms with Gasteiger partial charge in [-0.2, -0.15) is 0 Å². The summed E-state index contributed by atoms with van der Waals surface area (Å²) in [6, 6.07) is 0. The average Bonchev–Trinajstić information content (AvgIpc) is 2.84. The minimum Gasteiger partial charge on any atom is -0.461 e. The van der Waals surface area contributed by atoms with Gasteiger partial charge in [0, 0.05) is 12.3 Å². The van der Waals surface area contributed by atoms with E-state index in [-0.39, 0.29) is 23.1 Å². The lowest BCUT2D eigenvalue weighted by Gasteiger charge is -2.18. The molecule has 1 aromatic rings. The van der Waals surface area contributed by atoms with E-state index in [2.05, 4.69) is 20.3 Å². The first-order valence-corrected chi connectivity index (χ1v) is 7.89. The average molecular weight is 357 g/mol. The molecule has 0 bridgehead atoms. The number of hydrogen-bond donors (Lipinski definition) is 1. The number of nitrogens with zero attached hydrogens (tertiary/aromatic N) is 2. The van der Waals surface area contributed by atoms with Crippen LogP contribution in [0.15, 0.2) is 10.5 Å². The van der Waals surface area contributed by atoms with Gasteiger partial charge in [0.05, 0.1) is 6.61 Å². The van der Waals surface area contributed by atoms with Crippen LogP contribution in [-0.4, -0.2) is 40.9 Å². The molecule has 1 rings (SSSR count). The third-order valence-corrected chi connectivity index (χ3v) is 2.85. The molecular formula is C14H19N3O6S. The Labute approximate surface area is 143 Å². The highest BCUT2D eigenvalue weighted by Gasteiger charge is 2.22. The number of thiazole rings is 1. The summed E-state index contributed by atoms with van der Waals surface area (Å²) in [4.78, 5) is 43.0. The number of oxime groups is 1. The van der Waals surface area contributed by atoms with Gasteiger partial charge in [0.2, 0.25) is 5.71 Å². The summed E-state index contributed by atoms with van der Waals surface area (Å²) in [7, 11) is 0. The van der Waals surface area contributed by atoms with Crippen molar-refractivity contribution in [2.45, 2.75) is 40.2 Å². The predicted molar refractivity (Wildman–Crippen MR) is 86.9 cm³/mol. The SMILES string of the molecule is CCOC(=O)C(=NOC(C)=O)c1csc(NC(=O)OC(C)(C)C)n1. The zero-order valence-corrected chi connectivity index (χ0v) is 14.9. The Morgan fingerprint density at radius 2 is 2.00 bits per heavy atom. The maximum absolute atomic E-state index is 11.9. The first-order valence-electron chi connectivity index (χ1n) is 7.01. The monoisotopic (exact) mass is 357 g/mol. The predicted octanol–water partition coefficient (Wildman–Crippen LogP) is 2.32. The number of carbonyl (C=O) groups excluding carboxylic acids is 3. The van der Waals surface area contributed by atoms with E-state index >= 15 is 0 Å². The molecule has 0 unspecified atom stereocenters. The van der Waals surface area contributed by atoms with Gasteiger partial charge in [-0.25, -0.2) is 19.4 Å². The molecule has 1 amide bonds. The van der Waals surface area contributed by atoms with Crippen LogP contribution in [0.25, 0.3) is 0 Å². The fourth-order valence-corrected chi connectivity index (χ4v) is 2.01. The second kappa shape index (κ2) is 8.39. The maximum Gasteiger partial charge on any atom is 0.413 e. The summed E-state index contributed by atoms with van der Waals surface area (Å²) in [6.45, 7) is 8.06. The zero-order valence-electron chi connectivity index (χ0n) is 14.0. The minimum absolute atomic E-state index is 0.103. The van der Waals surface area contributed by atoms with Crippen molar-refractivity contribution in [1.29, 1.82) is 0 Å². The van der Waals surface area contributed by atoms with E-state index in [1.165, 1.54) is 5.38 Å². The highest BCUT2D eigenvalue weighted by molar-refractivity contribution is 7.14. The smallest absolute Gasteiger partial charge is 0.413 e. The van der Waals surface area contributed by atoms with Gasteiger partial charge < -0.3 is 14.3 Å². The molecule has 0 spiro atoms. The van der Waals surface area contributed by atoms with Crippen molar-refractivity contribution in [2.24, 2.45) is 5.16 Å². The van der Waals surface area contributed by atoms with Crippen LogP contribution in [-0.2, 0) is 23.9 Å². The first-order chi connectivity index (χ1) is 11.1. The molecule has 0 atom stereocenters. The largest absolute Gasteiger partial charge is 0.461 e. The van der Waals surface area contributed by atoms with Crippen molar-refractivity contribution in [3.63, 3.8) is 0 Å². The van der Waals surface area contributed by atoms with Crippen LogP contribution in [0.5, 0.6) is 0 Å². The molecule has 0 aromatic carbocycles. The van der Waals surface area contributed by atoms with Crippen molar-refractivity contribution in [1.82, 2.24) is 4.98 Å². The molecule has 1 heterocycles. The summed E-state index contributed by atoms with van der Waals surface area (Å²) >= 11 is 1.05. The number of rotatable bonds is 5. The summed E-state index contributed by atoms with van der Waals surface area (Å²) in [5.41, 5.74) is -0.830. The van der Waals surface area contributed by atoms with Crippen molar-refractivity contribution in [3.05, 3.63) is 11.1 Å². The van der Waals surface area contributed by atoms with Gasteiger partial charge in [0.25, 0.3) is 0 Å². The Kier molecular flexibility index (Phi) is 6.83. The lowest BCUT2D eigenvalue weighted by Crippen LogP contribution is -2.27. The fraction of sp³-hybridized carbons (Fsp3) is 0.500. The molecule has 0 aliphatic heterocycles. The number of anilines is 1. The molecule has 0 fully saturated rings. The van der Waals surface area contributed by atoms with Gasteiger partial charge in [-0.3, -0.25) is 5.32 Å². The van der Waals surface area contributed by atoms with E-state index in [0.29, 0.717) is 0 Å². The molecule has 0 aliphatic carbocycles. The van der Waals surface area contributed by atoms with Crippen LogP contribution in [0, 0.1) is 0 Å². The Bertz CT molecular complexity index is 647. The number of carbonyl (C=O) groups is 3. The van der Waals surface area contributed by atoms with E-state index in [9.17, 15) is 14.4 Å². The molecule has 0 aliphatic rings. The van der Waals surface area contributed by atoms with E-state index in [4.69, 9.17) is 9.47 Å². The second-order valence-electron chi connectivity index (χ2n) is 5.41. The molecular weight excluding hydrogens is 338 g/mol. The Balaban J connectivity index is 2.92. The van der Waals surface area contributed by atoms with Gasteiger partial charge in [-0.15, -0.1) is 11.3 Å². The number of aromatic nitrogens is 1. The van der Waals surface area contributed by atoms with Gasteiger partial charge in [-0.1, -0.05) is 5.16 Å². The lowest BCUT2D eigenvalue weighted by atomic mass is 10.2. The molecule has 0 saturated carbocycles. The van der Waals surface area contributed by atoms with Crippen LogP contribution in [0.1, 0.15) is 40.3 Å². The van der Waals surface area contributed by atoms with E-state index < -0.39 is 23.6 Å². The highest BCUT2D eigenvalue weighted by Crippen LogP contribution is 2.18. The van der Waals surface area contributed by atoms with E-state index in [0.717, 1.165) is 18.3 Å².